The lowest BCUT2D eigenvalue weighted by atomic mass is 9.98. The summed E-state index contributed by atoms with van der Waals surface area (Å²) in [5.41, 5.74) is 1.92. The fourth-order valence-corrected chi connectivity index (χ4v) is 4.16. The van der Waals surface area contributed by atoms with E-state index >= 15 is 0 Å². The van der Waals surface area contributed by atoms with Crippen LogP contribution in [0, 0.1) is 6.92 Å². The van der Waals surface area contributed by atoms with Crippen molar-refractivity contribution in [1.82, 2.24) is 20.2 Å². The van der Waals surface area contributed by atoms with Crippen LogP contribution in [0.4, 0.5) is 0 Å². The van der Waals surface area contributed by atoms with Crippen LogP contribution in [0.1, 0.15) is 59.7 Å². The summed E-state index contributed by atoms with van der Waals surface area (Å²) in [4.78, 5) is 24.8. The van der Waals surface area contributed by atoms with Gasteiger partial charge in [-0.3, -0.25) is 14.7 Å². The number of carbonyl (C=O) groups excluding carboxylic acids is 1. The SMILES string of the molecule is Cc1nc(C(C)(C)C)sc1C(=O)NC1CCN(Cc2ccccn2)CC1. The van der Waals surface area contributed by atoms with Crippen LogP contribution in [-0.4, -0.2) is 39.9 Å². The van der Waals surface area contributed by atoms with Gasteiger partial charge in [-0.25, -0.2) is 4.98 Å². The Morgan fingerprint density at radius 1 is 1.31 bits per heavy atom. The summed E-state index contributed by atoms with van der Waals surface area (Å²) in [7, 11) is 0. The average molecular weight is 373 g/mol. The number of likely N-dealkylation sites (tertiary alicyclic amines) is 1. The number of nitrogens with zero attached hydrogens (tertiary/aromatic N) is 3. The molecule has 3 rings (SSSR count). The Morgan fingerprint density at radius 3 is 2.62 bits per heavy atom. The summed E-state index contributed by atoms with van der Waals surface area (Å²) in [5.74, 6) is 0.0266. The molecule has 0 bridgehead atoms. The number of hydrogen-bond donors (Lipinski definition) is 1. The van der Waals surface area contributed by atoms with Crippen LogP contribution in [0.3, 0.4) is 0 Å². The topological polar surface area (TPSA) is 58.1 Å². The van der Waals surface area contributed by atoms with Gasteiger partial charge in [0, 0.05) is 37.3 Å². The van der Waals surface area contributed by atoms with E-state index in [0.29, 0.717) is 0 Å². The highest BCUT2D eigenvalue weighted by atomic mass is 32.1. The van der Waals surface area contributed by atoms with E-state index < -0.39 is 0 Å². The second kappa shape index (κ2) is 7.84. The summed E-state index contributed by atoms with van der Waals surface area (Å²) in [5, 5.41) is 4.23. The number of piperidine rings is 1. The van der Waals surface area contributed by atoms with E-state index in [9.17, 15) is 4.79 Å². The van der Waals surface area contributed by atoms with Gasteiger partial charge in [-0.15, -0.1) is 11.3 Å². The van der Waals surface area contributed by atoms with Gasteiger partial charge in [0.05, 0.1) is 16.4 Å². The number of thiazole rings is 1. The molecule has 0 radical (unpaired) electrons. The molecule has 3 heterocycles. The molecule has 2 aromatic rings. The van der Waals surface area contributed by atoms with Crippen LogP contribution >= 0.6 is 11.3 Å². The second-order valence-corrected chi connectivity index (χ2v) is 9.03. The van der Waals surface area contributed by atoms with Crippen molar-refractivity contribution in [3.8, 4) is 0 Å². The molecule has 0 atom stereocenters. The number of pyridine rings is 1. The number of rotatable bonds is 4. The molecule has 0 spiro atoms. The van der Waals surface area contributed by atoms with E-state index in [-0.39, 0.29) is 17.4 Å². The Balaban J connectivity index is 1.53. The molecule has 6 heteroatoms. The summed E-state index contributed by atoms with van der Waals surface area (Å²) in [6.07, 6.45) is 3.79. The van der Waals surface area contributed by atoms with Crippen molar-refractivity contribution in [3.05, 3.63) is 45.7 Å². The van der Waals surface area contributed by atoms with Gasteiger partial charge in [-0.2, -0.15) is 0 Å². The van der Waals surface area contributed by atoms with Gasteiger partial charge in [0.15, 0.2) is 0 Å². The minimum Gasteiger partial charge on any atom is -0.348 e. The Labute approximate surface area is 159 Å². The van der Waals surface area contributed by atoms with Crippen LogP contribution in [-0.2, 0) is 12.0 Å². The fourth-order valence-electron chi connectivity index (χ4n) is 3.14. The second-order valence-electron chi connectivity index (χ2n) is 8.03. The predicted molar refractivity (Wildman–Crippen MR) is 106 cm³/mol. The molecule has 0 aromatic carbocycles. The van der Waals surface area contributed by atoms with Gasteiger partial charge in [-0.05, 0) is 31.9 Å². The summed E-state index contributed by atoms with van der Waals surface area (Å²) in [6, 6.07) is 6.27. The lowest BCUT2D eigenvalue weighted by Gasteiger charge is -2.32. The van der Waals surface area contributed by atoms with E-state index in [1.165, 1.54) is 11.3 Å². The summed E-state index contributed by atoms with van der Waals surface area (Å²) < 4.78 is 0. The first-order valence-corrected chi connectivity index (χ1v) is 10.1. The maximum absolute atomic E-state index is 12.7. The van der Waals surface area contributed by atoms with Gasteiger partial charge in [-0.1, -0.05) is 26.8 Å². The quantitative estimate of drug-likeness (QED) is 0.892. The molecule has 0 saturated carbocycles. The molecule has 5 nitrogen and oxygen atoms in total. The zero-order valence-electron chi connectivity index (χ0n) is 16.1. The molecular formula is C20H28N4OS. The smallest absolute Gasteiger partial charge is 0.263 e. The van der Waals surface area contributed by atoms with E-state index in [0.717, 1.165) is 53.7 Å². The number of aryl methyl sites for hydroxylation is 1. The van der Waals surface area contributed by atoms with Crippen molar-refractivity contribution < 1.29 is 4.79 Å². The number of amides is 1. The molecule has 0 unspecified atom stereocenters. The predicted octanol–water partition coefficient (Wildman–Crippen LogP) is 3.54. The Morgan fingerprint density at radius 2 is 2.04 bits per heavy atom. The number of aromatic nitrogens is 2. The maximum Gasteiger partial charge on any atom is 0.263 e. The third-order valence-corrected chi connectivity index (χ3v) is 6.26. The largest absolute Gasteiger partial charge is 0.348 e. The van der Waals surface area contributed by atoms with E-state index in [1.54, 1.807) is 0 Å². The average Bonchev–Trinajstić information content (AvgIpc) is 3.00. The van der Waals surface area contributed by atoms with Crippen molar-refractivity contribution in [3.63, 3.8) is 0 Å². The molecule has 0 aliphatic carbocycles. The highest BCUT2D eigenvalue weighted by molar-refractivity contribution is 7.14. The third-order valence-electron chi connectivity index (χ3n) is 4.68. The number of nitrogens with one attached hydrogen (secondary N) is 1. The molecule has 1 N–H and O–H groups in total. The van der Waals surface area contributed by atoms with Crippen molar-refractivity contribution >= 4 is 17.2 Å². The monoisotopic (exact) mass is 372 g/mol. The molecule has 1 saturated heterocycles. The van der Waals surface area contributed by atoms with Crippen molar-refractivity contribution in [2.75, 3.05) is 13.1 Å². The van der Waals surface area contributed by atoms with Crippen molar-refractivity contribution in [1.29, 1.82) is 0 Å². The third kappa shape index (κ3) is 4.68. The number of hydrogen-bond acceptors (Lipinski definition) is 5. The van der Waals surface area contributed by atoms with E-state index in [2.05, 4.69) is 47.0 Å². The number of carbonyl (C=O) groups is 1. The normalized spacial score (nSPS) is 16.6. The molecule has 1 aliphatic rings. The summed E-state index contributed by atoms with van der Waals surface area (Å²) in [6.45, 7) is 11.2. The molecule has 1 fully saturated rings. The van der Waals surface area contributed by atoms with Crippen LogP contribution in [0.25, 0.3) is 0 Å². The van der Waals surface area contributed by atoms with Crippen molar-refractivity contribution in [2.45, 2.75) is 58.5 Å². The van der Waals surface area contributed by atoms with Gasteiger partial charge in [0.25, 0.3) is 5.91 Å². The molecule has 1 aliphatic heterocycles. The molecule has 140 valence electrons. The first kappa shape index (κ1) is 19.0. The van der Waals surface area contributed by atoms with Crippen LogP contribution in [0.2, 0.25) is 0 Å². The Bertz CT molecular complexity index is 743. The maximum atomic E-state index is 12.7. The lowest BCUT2D eigenvalue weighted by molar-refractivity contribution is 0.0912. The first-order valence-electron chi connectivity index (χ1n) is 9.24. The van der Waals surface area contributed by atoms with Gasteiger partial charge < -0.3 is 5.32 Å². The van der Waals surface area contributed by atoms with Crippen LogP contribution in [0.15, 0.2) is 24.4 Å². The fraction of sp³-hybridized carbons (Fsp3) is 0.550. The van der Waals surface area contributed by atoms with Gasteiger partial charge in [0.2, 0.25) is 0 Å². The molecule has 26 heavy (non-hydrogen) atoms. The summed E-state index contributed by atoms with van der Waals surface area (Å²) >= 11 is 1.52. The molecule has 2 aromatic heterocycles. The minimum atomic E-state index is -0.0230. The highest BCUT2D eigenvalue weighted by Crippen LogP contribution is 2.29. The molecule has 1 amide bonds. The van der Waals surface area contributed by atoms with E-state index in [4.69, 9.17) is 0 Å². The zero-order valence-corrected chi connectivity index (χ0v) is 16.9. The van der Waals surface area contributed by atoms with Crippen molar-refractivity contribution in [2.24, 2.45) is 0 Å². The molecular weight excluding hydrogens is 344 g/mol. The Hall–Kier alpha value is -1.79. The van der Waals surface area contributed by atoms with E-state index in [1.807, 2.05) is 25.3 Å². The minimum absolute atomic E-state index is 0.0230. The standard InChI is InChI=1S/C20H28N4OS/c1-14-17(26-19(22-14)20(2,3)4)18(25)23-15-8-11-24(12-9-15)13-16-7-5-6-10-21-16/h5-7,10,15H,8-9,11-13H2,1-4H3,(H,23,25). The Kier molecular flexibility index (Phi) is 5.73. The lowest BCUT2D eigenvalue weighted by Crippen LogP contribution is -2.44. The zero-order chi connectivity index (χ0) is 18.7. The first-order chi connectivity index (χ1) is 12.3. The van der Waals surface area contributed by atoms with Gasteiger partial charge >= 0.3 is 0 Å². The highest BCUT2D eigenvalue weighted by Gasteiger charge is 2.26. The van der Waals surface area contributed by atoms with Crippen LogP contribution in [0.5, 0.6) is 0 Å². The van der Waals surface area contributed by atoms with Crippen LogP contribution < -0.4 is 5.32 Å². The van der Waals surface area contributed by atoms with Gasteiger partial charge in [0.1, 0.15) is 4.88 Å².